The van der Waals surface area contributed by atoms with E-state index in [-0.39, 0.29) is 41.6 Å². The lowest BCUT2D eigenvalue weighted by Gasteiger charge is -2.45. The van der Waals surface area contributed by atoms with Crippen molar-refractivity contribution in [3.63, 3.8) is 0 Å². The normalized spacial score (nSPS) is 24.9. The average molecular weight is 550 g/mol. The minimum Gasteiger partial charge on any atom is -0.477 e. The van der Waals surface area contributed by atoms with Gasteiger partial charge in [-0.2, -0.15) is 13.2 Å². The first-order valence-corrected chi connectivity index (χ1v) is 13.3. The maximum Gasteiger partial charge on any atom is 0.416 e. The molecule has 2 atom stereocenters. The Hall–Kier alpha value is -3.05. The number of hydrogen-bond acceptors (Lipinski definition) is 5. The molecule has 0 bridgehead atoms. The van der Waals surface area contributed by atoms with E-state index < -0.39 is 29.1 Å². The molecule has 11 heteroatoms. The van der Waals surface area contributed by atoms with Crippen molar-refractivity contribution < 1.29 is 37.0 Å². The molecule has 0 radical (unpaired) electrons. The smallest absolute Gasteiger partial charge is 0.416 e. The number of nitrogens with one attached hydrogen (secondary N) is 1. The first-order valence-electron chi connectivity index (χ1n) is 13.3. The third-order valence-corrected chi connectivity index (χ3v) is 8.26. The summed E-state index contributed by atoms with van der Waals surface area (Å²) in [6.07, 6.45) is 1.58. The Morgan fingerprint density at radius 3 is 2.46 bits per heavy atom. The Bertz CT molecular complexity index is 1220. The lowest BCUT2D eigenvalue weighted by atomic mass is 9.84. The van der Waals surface area contributed by atoms with Crippen LogP contribution in [0.15, 0.2) is 36.5 Å². The molecule has 0 unspecified atom stereocenters. The van der Waals surface area contributed by atoms with Crippen molar-refractivity contribution in [1.82, 2.24) is 15.2 Å². The molecule has 2 aromatic rings. The van der Waals surface area contributed by atoms with E-state index in [0.717, 1.165) is 62.9 Å². The number of ether oxygens (including phenoxy) is 1. The van der Waals surface area contributed by atoms with Gasteiger partial charge in [0.15, 0.2) is 0 Å². The lowest BCUT2D eigenvalue weighted by Crippen LogP contribution is -2.57. The number of piperidine rings is 1. The van der Waals surface area contributed by atoms with Gasteiger partial charge in [0.2, 0.25) is 0 Å². The maximum atomic E-state index is 13.8. The number of likely N-dealkylation sites (tertiary alicyclic amines) is 1. The molecule has 2 saturated heterocycles. The zero-order valence-corrected chi connectivity index (χ0v) is 21.3. The van der Waals surface area contributed by atoms with Crippen LogP contribution in [0, 0.1) is 11.7 Å². The van der Waals surface area contributed by atoms with E-state index in [0.29, 0.717) is 19.1 Å². The summed E-state index contributed by atoms with van der Waals surface area (Å²) in [5.74, 6) is -2.08. The van der Waals surface area contributed by atoms with Gasteiger partial charge >= 0.3 is 12.1 Å². The summed E-state index contributed by atoms with van der Waals surface area (Å²) in [5, 5.41) is 11.9. The van der Waals surface area contributed by atoms with Crippen molar-refractivity contribution in [2.75, 3.05) is 19.7 Å². The summed E-state index contributed by atoms with van der Waals surface area (Å²) in [7, 11) is 0. The molecule has 7 nitrogen and oxygen atoms in total. The van der Waals surface area contributed by atoms with Crippen LogP contribution in [0.3, 0.4) is 0 Å². The Labute approximate surface area is 223 Å². The van der Waals surface area contributed by atoms with E-state index in [4.69, 9.17) is 4.74 Å². The standard InChI is InChI=1S/C28H31F4N3O4/c29-22-12-17(11-21(14-22)28(30,31)32)15-34-26(38)27(20-1-2-20)7-3-23(16-39-27)35-9-5-18(6-10-35)19-4-8-33-24(13-19)25(36)37/h4,8,11-14,18,20,23H,1-3,5-7,9-10,15-16H2,(H,34,38)(H,36,37)/t23-,27+/m1/s1. The second-order valence-corrected chi connectivity index (χ2v) is 10.8. The molecule has 3 heterocycles. The summed E-state index contributed by atoms with van der Waals surface area (Å²) in [6.45, 7) is 1.82. The highest BCUT2D eigenvalue weighted by Gasteiger charge is 2.54. The summed E-state index contributed by atoms with van der Waals surface area (Å²) in [6, 6.07) is 5.94. The Balaban J connectivity index is 1.17. The highest BCUT2D eigenvalue weighted by Crippen LogP contribution is 2.47. The largest absolute Gasteiger partial charge is 0.477 e. The number of nitrogens with zero attached hydrogens (tertiary/aromatic N) is 2. The number of carbonyl (C=O) groups is 2. The van der Waals surface area contributed by atoms with Gasteiger partial charge in [0.1, 0.15) is 17.1 Å². The topological polar surface area (TPSA) is 91.8 Å². The Morgan fingerprint density at radius 1 is 1.10 bits per heavy atom. The average Bonchev–Trinajstić information content (AvgIpc) is 3.77. The highest BCUT2D eigenvalue weighted by molar-refractivity contribution is 5.86. The van der Waals surface area contributed by atoms with E-state index in [1.54, 1.807) is 6.07 Å². The van der Waals surface area contributed by atoms with Gasteiger partial charge in [-0.25, -0.2) is 14.2 Å². The molecule has 0 spiro atoms. The van der Waals surface area contributed by atoms with E-state index in [1.807, 2.05) is 6.07 Å². The number of benzene rings is 1. The fourth-order valence-corrected chi connectivity index (χ4v) is 5.97. The molecular weight excluding hydrogens is 518 g/mol. The number of halogens is 4. The minimum atomic E-state index is -4.67. The number of aromatic nitrogens is 1. The van der Waals surface area contributed by atoms with Gasteiger partial charge < -0.3 is 15.2 Å². The molecule has 3 aliphatic rings. The van der Waals surface area contributed by atoms with Gasteiger partial charge in [0.25, 0.3) is 5.91 Å². The Kier molecular flexibility index (Phi) is 7.65. The zero-order valence-electron chi connectivity index (χ0n) is 21.3. The van der Waals surface area contributed by atoms with Crippen LogP contribution in [-0.2, 0) is 22.3 Å². The van der Waals surface area contributed by atoms with Crippen LogP contribution in [-0.4, -0.2) is 58.2 Å². The molecule has 1 amide bonds. The van der Waals surface area contributed by atoms with Crippen molar-refractivity contribution >= 4 is 11.9 Å². The third kappa shape index (κ3) is 6.09. The van der Waals surface area contributed by atoms with E-state index in [9.17, 15) is 32.3 Å². The van der Waals surface area contributed by atoms with Gasteiger partial charge in [0.05, 0.1) is 12.2 Å². The van der Waals surface area contributed by atoms with Crippen LogP contribution in [0.2, 0.25) is 0 Å². The number of carbonyl (C=O) groups excluding carboxylic acids is 1. The van der Waals surface area contributed by atoms with Crippen LogP contribution in [0.5, 0.6) is 0 Å². The van der Waals surface area contributed by atoms with Gasteiger partial charge in [-0.1, -0.05) is 0 Å². The molecule has 2 N–H and O–H groups in total. The zero-order chi connectivity index (χ0) is 27.8. The summed E-state index contributed by atoms with van der Waals surface area (Å²) in [4.78, 5) is 30.8. The van der Waals surface area contributed by atoms with Crippen LogP contribution in [0.1, 0.15) is 71.6 Å². The van der Waals surface area contributed by atoms with Crippen molar-refractivity contribution in [1.29, 1.82) is 0 Å². The van der Waals surface area contributed by atoms with Crippen molar-refractivity contribution in [2.45, 2.75) is 68.8 Å². The predicted molar refractivity (Wildman–Crippen MR) is 132 cm³/mol. The second kappa shape index (κ2) is 10.8. The van der Waals surface area contributed by atoms with Crippen LogP contribution in [0.25, 0.3) is 0 Å². The van der Waals surface area contributed by atoms with Gasteiger partial charge in [-0.05, 0) is 105 Å². The first-order chi connectivity index (χ1) is 18.5. The third-order valence-electron chi connectivity index (χ3n) is 8.26. The number of alkyl halides is 3. The van der Waals surface area contributed by atoms with Crippen LogP contribution >= 0.6 is 0 Å². The van der Waals surface area contributed by atoms with Gasteiger partial charge in [-0.15, -0.1) is 0 Å². The maximum absolute atomic E-state index is 13.8. The SMILES string of the molecule is O=C(O)c1cc(C2CCN([C@@H]3CC[C@@](C(=O)NCc4cc(F)cc(C(F)(F)F)c4)(C4CC4)OC3)CC2)ccn1. The summed E-state index contributed by atoms with van der Waals surface area (Å²) >= 11 is 0. The fourth-order valence-electron chi connectivity index (χ4n) is 5.97. The molecule has 5 rings (SSSR count). The fraction of sp³-hybridized carbons (Fsp3) is 0.536. The van der Waals surface area contributed by atoms with E-state index >= 15 is 0 Å². The minimum absolute atomic E-state index is 0.0443. The number of carboxylic acids is 1. The number of pyridine rings is 1. The van der Waals surface area contributed by atoms with E-state index in [2.05, 4.69) is 15.2 Å². The molecular formula is C28H31F4N3O4. The van der Waals surface area contributed by atoms with E-state index in [1.165, 1.54) is 6.20 Å². The molecule has 1 aromatic heterocycles. The quantitative estimate of drug-likeness (QED) is 0.484. The van der Waals surface area contributed by atoms with Gasteiger partial charge in [0, 0.05) is 18.8 Å². The second-order valence-electron chi connectivity index (χ2n) is 10.8. The molecule has 3 fully saturated rings. The summed E-state index contributed by atoms with van der Waals surface area (Å²) < 4.78 is 59.2. The van der Waals surface area contributed by atoms with Gasteiger partial charge in [-0.3, -0.25) is 9.69 Å². The molecule has 2 aliphatic heterocycles. The predicted octanol–water partition coefficient (Wildman–Crippen LogP) is 4.76. The number of rotatable bonds is 7. The number of carboxylic acid groups (broad SMARTS) is 1. The first kappa shape index (κ1) is 27.5. The molecule has 210 valence electrons. The molecule has 1 aromatic carbocycles. The number of aromatic carboxylic acids is 1. The van der Waals surface area contributed by atoms with Crippen molar-refractivity contribution in [3.8, 4) is 0 Å². The molecule has 39 heavy (non-hydrogen) atoms. The lowest BCUT2D eigenvalue weighted by molar-refractivity contribution is -0.165. The monoisotopic (exact) mass is 549 g/mol. The van der Waals surface area contributed by atoms with Crippen molar-refractivity contribution in [2.24, 2.45) is 5.92 Å². The summed E-state index contributed by atoms with van der Waals surface area (Å²) in [5.41, 5.74) is -1.03. The molecule has 1 aliphatic carbocycles. The Morgan fingerprint density at radius 2 is 1.85 bits per heavy atom. The van der Waals surface area contributed by atoms with Crippen LogP contribution < -0.4 is 5.32 Å². The number of amides is 1. The van der Waals surface area contributed by atoms with Crippen molar-refractivity contribution in [3.05, 3.63) is 64.7 Å². The highest BCUT2D eigenvalue weighted by atomic mass is 19.4. The van der Waals surface area contributed by atoms with Crippen LogP contribution in [0.4, 0.5) is 17.6 Å². The number of hydrogen-bond donors (Lipinski definition) is 2. The molecule has 1 saturated carbocycles.